The number of fused-ring (bicyclic) bond motifs is 4. The second kappa shape index (κ2) is 6.94. The van der Waals surface area contributed by atoms with Gasteiger partial charge in [0.25, 0.3) is 0 Å². The first-order valence-electron chi connectivity index (χ1n) is 10.8. The van der Waals surface area contributed by atoms with Crippen molar-refractivity contribution in [3.05, 3.63) is 83.6 Å². The standard InChI is InChI=1S/C25H24N6/c1-15(2)16-7-9-17(10-8-16)23-21-19(18-5-3-4-6-20(18)30-21)11-12-31(23)25-22-24(27-13-26-22)28-14-29-25/h3-10,13-15,23,30H,11-12H2,1-2H3,(H,26,27,28,29). The first-order valence-corrected chi connectivity index (χ1v) is 10.8. The number of hydrogen-bond acceptors (Lipinski definition) is 4. The maximum atomic E-state index is 4.68. The average Bonchev–Trinajstić information content (AvgIpc) is 3.43. The molecule has 0 saturated carbocycles. The molecule has 154 valence electrons. The maximum Gasteiger partial charge on any atom is 0.182 e. The second-order valence-electron chi connectivity index (χ2n) is 8.53. The predicted molar refractivity (Wildman–Crippen MR) is 123 cm³/mol. The topological polar surface area (TPSA) is 73.5 Å². The Balaban J connectivity index is 1.56. The van der Waals surface area contributed by atoms with Crippen LogP contribution < -0.4 is 4.90 Å². The highest BCUT2D eigenvalue weighted by molar-refractivity contribution is 5.87. The number of anilines is 1. The van der Waals surface area contributed by atoms with Crippen LogP contribution in [0.3, 0.4) is 0 Å². The van der Waals surface area contributed by atoms with E-state index in [0.29, 0.717) is 11.6 Å². The van der Waals surface area contributed by atoms with E-state index in [4.69, 9.17) is 0 Å². The molecule has 0 aliphatic carbocycles. The molecule has 0 bridgehead atoms. The number of nitrogens with one attached hydrogen (secondary N) is 2. The normalized spacial score (nSPS) is 16.4. The molecule has 6 nitrogen and oxygen atoms in total. The summed E-state index contributed by atoms with van der Waals surface area (Å²) in [4.78, 5) is 22.7. The molecule has 6 heteroatoms. The van der Waals surface area contributed by atoms with Gasteiger partial charge in [-0.25, -0.2) is 15.0 Å². The van der Waals surface area contributed by atoms with E-state index in [2.05, 4.69) is 92.2 Å². The predicted octanol–water partition coefficient (Wildman–Crippen LogP) is 5.11. The fraction of sp³-hybridized carbons (Fsp3) is 0.240. The van der Waals surface area contributed by atoms with Crippen LogP contribution in [-0.4, -0.2) is 31.5 Å². The van der Waals surface area contributed by atoms with Crippen molar-refractivity contribution in [1.29, 1.82) is 0 Å². The summed E-state index contributed by atoms with van der Waals surface area (Å²) < 4.78 is 0. The molecule has 3 aromatic heterocycles. The smallest absolute Gasteiger partial charge is 0.182 e. The van der Waals surface area contributed by atoms with Gasteiger partial charge in [-0.1, -0.05) is 56.3 Å². The number of hydrogen-bond donors (Lipinski definition) is 2. The van der Waals surface area contributed by atoms with Gasteiger partial charge in [0.15, 0.2) is 11.5 Å². The zero-order valence-electron chi connectivity index (χ0n) is 17.6. The lowest BCUT2D eigenvalue weighted by atomic mass is 9.91. The van der Waals surface area contributed by atoms with Crippen molar-refractivity contribution in [1.82, 2.24) is 24.9 Å². The van der Waals surface area contributed by atoms with Crippen molar-refractivity contribution < 1.29 is 0 Å². The molecule has 31 heavy (non-hydrogen) atoms. The third kappa shape index (κ3) is 2.82. The average molecular weight is 409 g/mol. The van der Waals surface area contributed by atoms with E-state index in [-0.39, 0.29) is 6.04 Å². The lowest BCUT2D eigenvalue weighted by molar-refractivity contribution is 0.637. The second-order valence-corrected chi connectivity index (χ2v) is 8.53. The minimum Gasteiger partial charge on any atom is -0.356 e. The van der Waals surface area contributed by atoms with Crippen LogP contribution in [0.2, 0.25) is 0 Å². The number of imidazole rings is 1. The molecule has 1 aliphatic rings. The highest BCUT2D eigenvalue weighted by Gasteiger charge is 2.33. The summed E-state index contributed by atoms with van der Waals surface area (Å²) in [6.45, 7) is 5.33. The fourth-order valence-corrected chi connectivity index (χ4v) is 4.85. The molecular formula is C25H24N6. The lowest BCUT2D eigenvalue weighted by Crippen LogP contribution is -2.37. The van der Waals surface area contributed by atoms with Crippen LogP contribution in [-0.2, 0) is 6.42 Å². The van der Waals surface area contributed by atoms with E-state index >= 15 is 0 Å². The molecule has 0 saturated heterocycles. The first kappa shape index (κ1) is 18.1. The molecule has 0 fully saturated rings. The molecule has 5 aromatic rings. The van der Waals surface area contributed by atoms with Gasteiger partial charge in [0.2, 0.25) is 0 Å². The molecule has 6 rings (SSSR count). The van der Waals surface area contributed by atoms with Crippen LogP contribution in [0.25, 0.3) is 22.1 Å². The number of benzene rings is 2. The first-order chi connectivity index (χ1) is 15.2. The van der Waals surface area contributed by atoms with Gasteiger partial charge in [-0.05, 0) is 35.1 Å². The van der Waals surface area contributed by atoms with Gasteiger partial charge in [-0.15, -0.1) is 0 Å². The third-order valence-corrected chi connectivity index (χ3v) is 6.43. The molecule has 1 unspecified atom stereocenters. The van der Waals surface area contributed by atoms with Crippen molar-refractivity contribution >= 4 is 27.9 Å². The van der Waals surface area contributed by atoms with Crippen LogP contribution >= 0.6 is 0 Å². The van der Waals surface area contributed by atoms with Crippen LogP contribution in [0.4, 0.5) is 5.82 Å². The van der Waals surface area contributed by atoms with Crippen LogP contribution in [0.15, 0.2) is 61.2 Å². The summed E-state index contributed by atoms with van der Waals surface area (Å²) in [6, 6.07) is 17.7. The number of para-hydroxylation sites is 1. The monoisotopic (exact) mass is 408 g/mol. The Hall–Kier alpha value is -3.67. The Morgan fingerprint density at radius 3 is 2.68 bits per heavy atom. The molecule has 0 radical (unpaired) electrons. The Bertz CT molecular complexity index is 1380. The highest BCUT2D eigenvalue weighted by atomic mass is 15.2. The van der Waals surface area contributed by atoms with Gasteiger partial charge in [0, 0.05) is 23.1 Å². The van der Waals surface area contributed by atoms with E-state index in [0.717, 1.165) is 24.3 Å². The zero-order chi connectivity index (χ0) is 20.9. The van der Waals surface area contributed by atoms with Gasteiger partial charge in [0.1, 0.15) is 11.8 Å². The number of rotatable bonds is 3. The van der Waals surface area contributed by atoms with Crippen molar-refractivity contribution in [3.8, 4) is 0 Å². The van der Waals surface area contributed by atoms with Crippen molar-refractivity contribution in [3.63, 3.8) is 0 Å². The lowest BCUT2D eigenvalue weighted by Gasteiger charge is -2.37. The Morgan fingerprint density at radius 1 is 1.00 bits per heavy atom. The van der Waals surface area contributed by atoms with E-state index < -0.39 is 0 Å². The summed E-state index contributed by atoms with van der Waals surface area (Å²) in [5, 5.41) is 1.32. The molecule has 0 spiro atoms. The largest absolute Gasteiger partial charge is 0.356 e. The van der Waals surface area contributed by atoms with Gasteiger partial charge in [0.05, 0.1) is 12.4 Å². The third-order valence-electron chi connectivity index (χ3n) is 6.43. The Kier molecular flexibility index (Phi) is 4.06. The number of aromatic amines is 2. The van der Waals surface area contributed by atoms with E-state index in [1.165, 1.54) is 33.3 Å². The molecule has 1 atom stereocenters. The molecule has 4 heterocycles. The van der Waals surface area contributed by atoms with Gasteiger partial charge >= 0.3 is 0 Å². The Morgan fingerprint density at radius 2 is 1.84 bits per heavy atom. The summed E-state index contributed by atoms with van der Waals surface area (Å²) in [5.74, 6) is 1.40. The van der Waals surface area contributed by atoms with Crippen LogP contribution in [0.5, 0.6) is 0 Å². The summed E-state index contributed by atoms with van der Waals surface area (Å²) in [5.41, 5.74) is 8.01. The maximum absolute atomic E-state index is 4.68. The minimum absolute atomic E-state index is 0.0405. The van der Waals surface area contributed by atoms with Gasteiger partial charge in [-0.2, -0.15) is 0 Å². The zero-order valence-corrected chi connectivity index (χ0v) is 17.6. The SMILES string of the molecule is CC(C)c1ccc(C2c3[nH]c4ccccc4c3CCN2c2ncnc3nc[nH]c23)cc1. The number of nitrogens with zero attached hydrogens (tertiary/aromatic N) is 4. The molecule has 0 amide bonds. The minimum atomic E-state index is 0.0405. The van der Waals surface area contributed by atoms with Crippen molar-refractivity contribution in [2.45, 2.75) is 32.2 Å². The van der Waals surface area contributed by atoms with E-state index in [9.17, 15) is 0 Å². The van der Waals surface area contributed by atoms with Crippen LogP contribution in [0.1, 0.15) is 48.2 Å². The summed E-state index contributed by atoms with van der Waals surface area (Å²) in [6.07, 6.45) is 4.26. The van der Waals surface area contributed by atoms with Gasteiger partial charge in [-0.3, -0.25) is 0 Å². The molecule has 2 aromatic carbocycles. The van der Waals surface area contributed by atoms with E-state index in [1.807, 2.05) is 0 Å². The molecular weight excluding hydrogens is 384 g/mol. The Labute approximate surface area is 180 Å². The van der Waals surface area contributed by atoms with Crippen LogP contribution in [0, 0.1) is 0 Å². The molecule has 2 N–H and O–H groups in total. The summed E-state index contributed by atoms with van der Waals surface area (Å²) >= 11 is 0. The number of H-pyrrole nitrogens is 2. The number of aromatic nitrogens is 5. The highest BCUT2D eigenvalue weighted by Crippen LogP contribution is 2.41. The molecule has 1 aliphatic heterocycles. The fourth-order valence-electron chi connectivity index (χ4n) is 4.85. The van der Waals surface area contributed by atoms with Crippen molar-refractivity contribution in [2.24, 2.45) is 0 Å². The van der Waals surface area contributed by atoms with E-state index in [1.54, 1.807) is 12.7 Å². The van der Waals surface area contributed by atoms with Crippen molar-refractivity contribution in [2.75, 3.05) is 11.4 Å². The quantitative estimate of drug-likeness (QED) is 0.435. The van der Waals surface area contributed by atoms with Gasteiger partial charge < -0.3 is 14.9 Å². The summed E-state index contributed by atoms with van der Waals surface area (Å²) in [7, 11) is 0.